The first-order valence-corrected chi connectivity index (χ1v) is 24.3. The van der Waals surface area contributed by atoms with Crippen molar-refractivity contribution in [3.63, 3.8) is 0 Å². The Morgan fingerprint density at radius 1 is 0.482 bits per heavy atom. The van der Waals surface area contributed by atoms with E-state index >= 15 is 0 Å². The third-order valence-corrected chi connectivity index (χ3v) is 10.9. The number of ether oxygens (including phenoxy) is 1. The van der Waals surface area contributed by atoms with E-state index in [1.54, 1.807) is 6.08 Å². The van der Waals surface area contributed by atoms with Crippen LogP contribution >= 0.6 is 0 Å². The zero-order chi connectivity index (χ0) is 40.8. The molecule has 1 amide bonds. The highest BCUT2D eigenvalue weighted by atomic mass is 16.5. The summed E-state index contributed by atoms with van der Waals surface area (Å²) in [7, 11) is 0. The monoisotopic (exact) mass is 788 g/mol. The fraction of sp³-hybridized carbons (Fsp3) is 0.840. The van der Waals surface area contributed by atoms with Crippen molar-refractivity contribution in [2.45, 2.75) is 257 Å². The van der Waals surface area contributed by atoms with Gasteiger partial charge in [0.2, 0.25) is 5.91 Å². The van der Waals surface area contributed by atoms with Crippen LogP contribution in [-0.4, -0.2) is 47.4 Å². The molecule has 0 aromatic heterocycles. The smallest absolute Gasteiger partial charge is 0.305 e. The number of nitrogens with one attached hydrogen (secondary N) is 1. The van der Waals surface area contributed by atoms with E-state index in [2.05, 4.69) is 43.5 Å². The van der Waals surface area contributed by atoms with Crippen LogP contribution in [0.5, 0.6) is 0 Å². The molecule has 0 aromatic rings. The molecule has 56 heavy (non-hydrogen) atoms. The molecule has 2 atom stereocenters. The van der Waals surface area contributed by atoms with Crippen molar-refractivity contribution in [1.29, 1.82) is 0 Å². The van der Waals surface area contributed by atoms with Gasteiger partial charge in [0, 0.05) is 12.8 Å². The first kappa shape index (κ1) is 54.1. The van der Waals surface area contributed by atoms with Crippen molar-refractivity contribution in [2.24, 2.45) is 0 Å². The molecule has 0 heterocycles. The topological polar surface area (TPSA) is 95.9 Å². The lowest BCUT2D eigenvalue weighted by molar-refractivity contribution is -0.143. The maximum Gasteiger partial charge on any atom is 0.305 e. The molecule has 0 saturated heterocycles. The lowest BCUT2D eigenvalue weighted by Crippen LogP contribution is -2.45. The van der Waals surface area contributed by atoms with E-state index in [4.69, 9.17) is 4.74 Å². The second-order valence-electron chi connectivity index (χ2n) is 16.4. The maximum absolute atomic E-state index is 12.4. The quantitative estimate of drug-likeness (QED) is 0.0325. The van der Waals surface area contributed by atoms with Gasteiger partial charge in [0.25, 0.3) is 0 Å². The number of aliphatic hydroxyl groups is 2. The molecule has 0 bridgehead atoms. The van der Waals surface area contributed by atoms with Crippen molar-refractivity contribution < 1.29 is 24.5 Å². The van der Waals surface area contributed by atoms with Gasteiger partial charge in [-0.3, -0.25) is 9.59 Å². The number of allylic oxidation sites excluding steroid dienone is 5. The fourth-order valence-electron chi connectivity index (χ4n) is 7.10. The summed E-state index contributed by atoms with van der Waals surface area (Å²) in [5, 5.41) is 23.0. The normalized spacial score (nSPS) is 13.0. The number of hydrogen-bond acceptors (Lipinski definition) is 5. The lowest BCUT2D eigenvalue weighted by Gasteiger charge is -2.19. The van der Waals surface area contributed by atoms with Gasteiger partial charge in [-0.1, -0.05) is 192 Å². The van der Waals surface area contributed by atoms with Crippen molar-refractivity contribution in [3.05, 3.63) is 36.5 Å². The summed E-state index contributed by atoms with van der Waals surface area (Å²) < 4.78 is 5.42. The minimum absolute atomic E-state index is 0.0473. The molecule has 0 saturated carbocycles. The van der Waals surface area contributed by atoms with Crippen LogP contribution in [0.15, 0.2) is 36.5 Å². The lowest BCUT2D eigenvalue weighted by atomic mass is 10.0. The van der Waals surface area contributed by atoms with Crippen LogP contribution in [0.3, 0.4) is 0 Å². The number of amides is 1. The largest absolute Gasteiger partial charge is 0.466 e. The standard InChI is InChI=1S/C50H93NO5/c1-3-5-7-9-11-13-15-17-19-20-21-23-26-30-34-38-42-48(53)47(46-52)51-49(54)43-39-35-31-27-25-29-33-37-41-45-56-50(55)44-40-36-32-28-24-22-18-16-14-12-10-8-6-4-2/h16,18,27,31,38,42,47-48,52-53H,3-15,17,19-26,28-30,32-37,39-41,43-46H2,1-2H3,(H,51,54)/b18-16-,31-27-,42-38+. The van der Waals surface area contributed by atoms with E-state index in [-0.39, 0.29) is 18.5 Å². The highest BCUT2D eigenvalue weighted by Crippen LogP contribution is 2.14. The molecule has 0 rings (SSSR count). The molecular formula is C50H93NO5. The average molecular weight is 788 g/mol. The molecule has 0 radical (unpaired) electrons. The van der Waals surface area contributed by atoms with E-state index in [1.165, 1.54) is 148 Å². The van der Waals surface area contributed by atoms with E-state index in [1.807, 2.05) is 6.08 Å². The fourth-order valence-corrected chi connectivity index (χ4v) is 7.10. The van der Waals surface area contributed by atoms with Gasteiger partial charge in [0.1, 0.15) is 0 Å². The molecule has 6 nitrogen and oxygen atoms in total. The predicted octanol–water partition coefficient (Wildman–Crippen LogP) is 14.1. The highest BCUT2D eigenvalue weighted by Gasteiger charge is 2.17. The Labute approximate surface area is 347 Å². The summed E-state index contributed by atoms with van der Waals surface area (Å²) in [6.07, 6.45) is 54.3. The summed E-state index contributed by atoms with van der Waals surface area (Å²) in [5.41, 5.74) is 0. The molecule has 3 N–H and O–H groups in total. The highest BCUT2D eigenvalue weighted by molar-refractivity contribution is 5.76. The molecule has 2 unspecified atom stereocenters. The van der Waals surface area contributed by atoms with Crippen molar-refractivity contribution in [3.8, 4) is 0 Å². The number of aliphatic hydroxyl groups excluding tert-OH is 2. The van der Waals surface area contributed by atoms with Crippen molar-refractivity contribution in [2.75, 3.05) is 13.2 Å². The molecule has 328 valence electrons. The molecule has 0 aliphatic heterocycles. The average Bonchev–Trinajstić information content (AvgIpc) is 3.20. The second kappa shape index (κ2) is 45.8. The Hall–Kier alpha value is -1.92. The summed E-state index contributed by atoms with van der Waals surface area (Å²) >= 11 is 0. The molecule has 6 heteroatoms. The number of rotatable bonds is 44. The van der Waals surface area contributed by atoms with Crippen LogP contribution in [0.1, 0.15) is 245 Å². The molecule has 0 aliphatic carbocycles. The molecule has 0 aromatic carbocycles. The Balaban J connectivity index is 3.60. The zero-order valence-corrected chi connectivity index (χ0v) is 37.1. The van der Waals surface area contributed by atoms with E-state index < -0.39 is 12.1 Å². The summed E-state index contributed by atoms with van der Waals surface area (Å²) in [5.74, 6) is -0.177. The minimum atomic E-state index is -0.875. The molecule has 0 aliphatic rings. The van der Waals surface area contributed by atoms with Crippen LogP contribution in [0.2, 0.25) is 0 Å². The van der Waals surface area contributed by atoms with Gasteiger partial charge >= 0.3 is 5.97 Å². The molecule has 0 fully saturated rings. The van der Waals surface area contributed by atoms with Gasteiger partial charge in [-0.05, 0) is 77.0 Å². The van der Waals surface area contributed by atoms with Crippen molar-refractivity contribution in [1.82, 2.24) is 5.32 Å². The SMILES string of the molecule is CCCCCCC/C=C\CCCCCCCC(=O)OCCCCCC/C=C\CCCC(=O)NC(CO)C(O)/C=C/CCCCCCCCCCCCCCCC. The van der Waals surface area contributed by atoms with Gasteiger partial charge in [0.05, 0.1) is 25.4 Å². The predicted molar refractivity (Wildman–Crippen MR) is 241 cm³/mol. The van der Waals surface area contributed by atoms with Crippen molar-refractivity contribution >= 4 is 11.9 Å². The van der Waals surface area contributed by atoms with Crippen LogP contribution in [0, 0.1) is 0 Å². The summed E-state index contributed by atoms with van der Waals surface area (Å²) in [6, 6.07) is -0.665. The zero-order valence-electron chi connectivity index (χ0n) is 37.1. The third kappa shape index (κ3) is 41.7. The number of carbonyl (C=O) groups excluding carboxylic acids is 2. The molecular weight excluding hydrogens is 695 g/mol. The van der Waals surface area contributed by atoms with Crippen LogP contribution in [0.4, 0.5) is 0 Å². The number of esters is 1. The third-order valence-electron chi connectivity index (χ3n) is 10.9. The summed E-state index contributed by atoms with van der Waals surface area (Å²) in [4.78, 5) is 24.4. The van der Waals surface area contributed by atoms with Gasteiger partial charge in [-0.2, -0.15) is 0 Å². The van der Waals surface area contributed by atoms with Crippen LogP contribution < -0.4 is 5.32 Å². The Morgan fingerprint density at radius 2 is 0.857 bits per heavy atom. The van der Waals surface area contributed by atoms with Crippen LogP contribution in [-0.2, 0) is 14.3 Å². The number of hydrogen-bond donors (Lipinski definition) is 3. The minimum Gasteiger partial charge on any atom is -0.466 e. The molecule has 0 spiro atoms. The van der Waals surface area contributed by atoms with Gasteiger partial charge < -0.3 is 20.3 Å². The summed E-state index contributed by atoms with van der Waals surface area (Å²) in [6.45, 7) is 4.79. The van der Waals surface area contributed by atoms with Gasteiger partial charge in [-0.15, -0.1) is 0 Å². The second-order valence-corrected chi connectivity index (χ2v) is 16.4. The first-order valence-electron chi connectivity index (χ1n) is 24.3. The number of unbranched alkanes of at least 4 members (excludes halogenated alkanes) is 29. The Morgan fingerprint density at radius 3 is 1.30 bits per heavy atom. The maximum atomic E-state index is 12.4. The van der Waals surface area contributed by atoms with E-state index in [0.717, 1.165) is 70.6 Å². The van der Waals surface area contributed by atoms with E-state index in [0.29, 0.717) is 19.4 Å². The van der Waals surface area contributed by atoms with Gasteiger partial charge in [0.15, 0.2) is 0 Å². The first-order chi connectivity index (χ1) is 27.5. The van der Waals surface area contributed by atoms with E-state index in [9.17, 15) is 19.8 Å². The Kier molecular flexibility index (Phi) is 44.2. The van der Waals surface area contributed by atoms with Gasteiger partial charge in [-0.25, -0.2) is 0 Å². The van der Waals surface area contributed by atoms with Crippen LogP contribution in [0.25, 0.3) is 0 Å². The number of carbonyl (C=O) groups is 2. The Bertz CT molecular complexity index is 915.